The highest BCUT2D eigenvalue weighted by Crippen LogP contribution is 2.40. The Kier molecular flexibility index (Phi) is 8.48. The van der Waals surface area contributed by atoms with E-state index in [-0.39, 0.29) is 18.2 Å². The van der Waals surface area contributed by atoms with Crippen molar-refractivity contribution >= 4 is 62.6 Å². The van der Waals surface area contributed by atoms with Crippen molar-refractivity contribution in [1.29, 1.82) is 0 Å². The third-order valence-electron chi connectivity index (χ3n) is 10.8. The number of aromatic nitrogens is 5. The summed E-state index contributed by atoms with van der Waals surface area (Å²) >= 11 is 4.61. The molecule has 3 unspecified atom stereocenters. The van der Waals surface area contributed by atoms with Crippen molar-refractivity contribution in [3.05, 3.63) is 96.0 Å². The molecule has 272 valence electrons. The van der Waals surface area contributed by atoms with Crippen LogP contribution < -0.4 is 5.32 Å². The minimum Gasteiger partial charge on any atom is -0.444 e. The Labute approximate surface area is 314 Å². The predicted molar refractivity (Wildman–Crippen MR) is 214 cm³/mol. The number of nitrogens with zero attached hydrogens (tertiary/aromatic N) is 4. The van der Waals surface area contributed by atoms with E-state index in [1.165, 1.54) is 28.6 Å². The van der Waals surface area contributed by atoms with E-state index in [0.29, 0.717) is 30.9 Å². The standard InChI is InChI=1S/C42H45N7O3S/c1-5-48(41(50)52-42(2,3)4)36(22-53)40-45-31-14-10-26-17-24(8-12-29(26)38(31)47-40)25-11-15-34-28(18-25)19-35-30-13-9-27(20-37(30)51-23-49(34)35)33-21-44-39(46-33)32-7-6-16-43-32/h8-15,17-19,21,32,36-37,43,53H,5-7,16,20,22-23H2,1-4H3,(H,44,46)(H,45,47). The number of ether oxygens (including phenoxy) is 2. The molecule has 53 heavy (non-hydrogen) atoms. The fraction of sp³-hybridized carbons (Fsp3) is 0.357. The van der Waals surface area contributed by atoms with Gasteiger partial charge in [-0.05, 0) is 99.5 Å². The summed E-state index contributed by atoms with van der Waals surface area (Å²) < 4.78 is 14.5. The highest BCUT2D eigenvalue weighted by molar-refractivity contribution is 7.80. The van der Waals surface area contributed by atoms with Crippen molar-refractivity contribution < 1.29 is 14.3 Å². The molecule has 3 aromatic heterocycles. The van der Waals surface area contributed by atoms with E-state index in [4.69, 9.17) is 19.4 Å². The summed E-state index contributed by atoms with van der Waals surface area (Å²) in [5.41, 5.74) is 9.40. The van der Waals surface area contributed by atoms with Crippen LogP contribution in [0, 0.1) is 0 Å². The molecule has 5 heterocycles. The molecule has 3 aliphatic rings. The predicted octanol–water partition coefficient (Wildman–Crippen LogP) is 8.94. The van der Waals surface area contributed by atoms with Crippen LogP contribution in [-0.4, -0.2) is 66.0 Å². The number of allylic oxidation sites excluding steroid dienone is 2. The maximum atomic E-state index is 13.1. The quantitative estimate of drug-likeness (QED) is 0.122. The van der Waals surface area contributed by atoms with Crippen molar-refractivity contribution in [1.82, 2.24) is 34.7 Å². The summed E-state index contributed by atoms with van der Waals surface area (Å²) in [4.78, 5) is 31.5. The van der Waals surface area contributed by atoms with Crippen molar-refractivity contribution in [2.45, 2.75) is 77.5 Å². The van der Waals surface area contributed by atoms with Gasteiger partial charge in [0.05, 0.1) is 40.6 Å². The van der Waals surface area contributed by atoms with E-state index >= 15 is 0 Å². The number of imidazole rings is 2. The lowest BCUT2D eigenvalue weighted by molar-refractivity contribution is 0.0184. The number of amides is 1. The van der Waals surface area contributed by atoms with Crippen LogP contribution in [0.3, 0.4) is 0 Å². The average Bonchev–Trinajstić information content (AvgIpc) is 3.98. The van der Waals surface area contributed by atoms with Crippen LogP contribution in [0.1, 0.15) is 82.1 Å². The average molecular weight is 728 g/mol. The lowest BCUT2D eigenvalue weighted by Gasteiger charge is -2.31. The first-order valence-electron chi connectivity index (χ1n) is 18.7. The maximum Gasteiger partial charge on any atom is 0.410 e. The number of nitrogens with one attached hydrogen (secondary N) is 3. The van der Waals surface area contributed by atoms with E-state index in [1.807, 2.05) is 33.9 Å². The number of thiol groups is 1. The summed E-state index contributed by atoms with van der Waals surface area (Å²) in [6.07, 6.45) is 9.18. The Morgan fingerprint density at radius 3 is 2.68 bits per heavy atom. The number of hydrogen-bond donors (Lipinski definition) is 4. The summed E-state index contributed by atoms with van der Waals surface area (Å²) in [6.45, 7) is 9.61. The van der Waals surface area contributed by atoms with E-state index in [1.54, 1.807) is 4.90 Å². The molecule has 3 atom stereocenters. The number of H-pyrrole nitrogens is 2. The first-order chi connectivity index (χ1) is 25.7. The van der Waals surface area contributed by atoms with Crippen molar-refractivity contribution in [3.8, 4) is 11.1 Å². The van der Waals surface area contributed by atoms with Gasteiger partial charge in [-0.15, -0.1) is 0 Å². The highest BCUT2D eigenvalue weighted by Gasteiger charge is 2.32. The molecule has 2 aliphatic heterocycles. The van der Waals surface area contributed by atoms with Gasteiger partial charge in [0.2, 0.25) is 0 Å². The monoisotopic (exact) mass is 727 g/mol. The molecule has 3 N–H and O–H groups in total. The fourth-order valence-electron chi connectivity index (χ4n) is 8.15. The van der Waals surface area contributed by atoms with Crippen molar-refractivity contribution in [2.75, 3.05) is 18.8 Å². The Bertz CT molecular complexity index is 2440. The van der Waals surface area contributed by atoms with Gasteiger partial charge >= 0.3 is 6.09 Å². The van der Waals surface area contributed by atoms with Crippen molar-refractivity contribution in [2.24, 2.45) is 0 Å². The normalized spacial score (nSPS) is 19.3. The molecule has 0 saturated carbocycles. The van der Waals surface area contributed by atoms with Gasteiger partial charge in [0.15, 0.2) is 0 Å². The Morgan fingerprint density at radius 1 is 1.08 bits per heavy atom. The molecule has 0 bridgehead atoms. The van der Waals surface area contributed by atoms with E-state index in [2.05, 4.69) is 99.2 Å². The third kappa shape index (κ3) is 6.14. The Hall–Kier alpha value is -4.84. The third-order valence-corrected chi connectivity index (χ3v) is 11.1. The van der Waals surface area contributed by atoms with E-state index in [9.17, 15) is 4.79 Å². The molecular weight excluding hydrogens is 683 g/mol. The van der Waals surface area contributed by atoms with Crippen molar-refractivity contribution in [3.63, 3.8) is 0 Å². The van der Waals surface area contributed by atoms with Gasteiger partial charge in [-0.1, -0.05) is 36.4 Å². The molecule has 3 aromatic carbocycles. The number of benzene rings is 3. The van der Waals surface area contributed by atoms with Gasteiger partial charge in [0.25, 0.3) is 0 Å². The minimum atomic E-state index is -0.593. The van der Waals surface area contributed by atoms with E-state index < -0.39 is 5.60 Å². The summed E-state index contributed by atoms with van der Waals surface area (Å²) in [7, 11) is 0. The number of fused-ring (bicyclic) bond motifs is 8. The van der Waals surface area contributed by atoms with Crippen LogP contribution in [0.25, 0.3) is 55.0 Å². The molecule has 1 amide bonds. The first kappa shape index (κ1) is 34.0. The summed E-state index contributed by atoms with van der Waals surface area (Å²) in [5.74, 6) is 2.13. The molecule has 0 radical (unpaired) electrons. The smallest absolute Gasteiger partial charge is 0.410 e. The van der Waals surface area contributed by atoms with Crippen LogP contribution in [0.5, 0.6) is 0 Å². The fourth-order valence-corrected chi connectivity index (χ4v) is 8.52. The molecule has 10 nitrogen and oxygen atoms in total. The molecule has 11 heteroatoms. The number of carbonyl (C=O) groups is 1. The van der Waals surface area contributed by atoms with Crippen LogP contribution in [0.15, 0.2) is 72.9 Å². The van der Waals surface area contributed by atoms with Gasteiger partial charge in [0.1, 0.15) is 30.0 Å². The maximum absolute atomic E-state index is 13.1. The second kappa shape index (κ2) is 13.2. The topological polar surface area (TPSA) is 113 Å². The van der Waals surface area contributed by atoms with Gasteiger partial charge in [-0.25, -0.2) is 14.8 Å². The van der Waals surface area contributed by atoms with Crippen LogP contribution in [0.2, 0.25) is 0 Å². The number of carbonyl (C=O) groups excluding carboxylic acids is 1. The molecular formula is C42H45N7O3S. The van der Waals surface area contributed by atoms with Gasteiger partial charge in [-0.2, -0.15) is 12.6 Å². The van der Waals surface area contributed by atoms with Crippen LogP contribution in [0.4, 0.5) is 4.79 Å². The molecule has 1 saturated heterocycles. The van der Waals surface area contributed by atoms with Gasteiger partial charge in [0, 0.05) is 40.8 Å². The lowest BCUT2D eigenvalue weighted by Crippen LogP contribution is -2.40. The van der Waals surface area contributed by atoms with Crippen LogP contribution >= 0.6 is 12.6 Å². The summed E-state index contributed by atoms with van der Waals surface area (Å²) in [5, 5.41) is 6.87. The van der Waals surface area contributed by atoms with Crippen LogP contribution in [-0.2, 0) is 16.2 Å². The van der Waals surface area contributed by atoms with E-state index in [0.717, 1.165) is 69.4 Å². The van der Waals surface area contributed by atoms with Gasteiger partial charge < -0.3 is 29.3 Å². The second-order valence-electron chi connectivity index (χ2n) is 15.3. The lowest BCUT2D eigenvalue weighted by atomic mass is 9.91. The SMILES string of the molecule is CCN(C(=O)OC(C)(C)C)C(CS)c1nc2c(ccc3cc(-c4ccc5c(c4)cc4n5COC5CC(c6cnc(C7CCCN7)[nH]6)=CC=C45)ccc32)[nH]1. The zero-order valence-electron chi connectivity index (χ0n) is 30.6. The molecule has 0 spiro atoms. The Morgan fingerprint density at radius 2 is 1.91 bits per heavy atom. The first-order valence-corrected chi connectivity index (χ1v) is 19.3. The minimum absolute atomic E-state index is 0.00733. The van der Waals surface area contributed by atoms with Gasteiger partial charge in [-0.3, -0.25) is 4.90 Å². The number of aromatic amines is 2. The zero-order valence-corrected chi connectivity index (χ0v) is 31.5. The largest absolute Gasteiger partial charge is 0.444 e. The molecule has 6 aromatic rings. The highest BCUT2D eigenvalue weighted by atomic mass is 32.1. The molecule has 1 aliphatic carbocycles. The molecule has 1 fully saturated rings. The molecule has 9 rings (SSSR count). The Balaban J connectivity index is 0.994. The summed E-state index contributed by atoms with van der Waals surface area (Å²) in [6, 6.07) is 19.7. The zero-order chi connectivity index (χ0) is 36.4. The number of rotatable bonds is 7. The second-order valence-corrected chi connectivity index (χ2v) is 15.7. The number of hydrogen-bond acceptors (Lipinski definition) is 7.